The second kappa shape index (κ2) is 8.43. The van der Waals surface area contributed by atoms with Gasteiger partial charge in [0.15, 0.2) is 11.6 Å². The molecule has 1 aliphatic heterocycles. The van der Waals surface area contributed by atoms with E-state index in [-0.39, 0.29) is 17.6 Å². The monoisotopic (exact) mass is 461 g/mol. The zero-order chi connectivity index (χ0) is 23.8. The first-order chi connectivity index (χ1) is 16.5. The Labute approximate surface area is 193 Å². The lowest BCUT2D eigenvalue weighted by Gasteiger charge is -2.16. The number of carbonyl (C=O) groups excluding carboxylic acids is 2. The number of pyridine rings is 1. The number of nitrogens with zero attached hydrogens (tertiary/aromatic N) is 3. The van der Waals surface area contributed by atoms with Gasteiger partial charge in [-0.1, -0.05) is 6.07 Å². The number of fused-ring (bicyclic) bond motifs is 2. The summed E-state index contributed by atoms with van der Waals surface area (Å²) in [6.07, 6.45) is 1.97. The summed E-state index contributed by atoms with van der Waals surface area (Å²) < 4.78 is 19.6. The number of amides is 2. The van der Waals surface area contributed by atoms with E-state index in [0.717, 1.165) is 0 Å². The van der Waals surface area contributed by atoms with Crippen LogP contribution in [0.4, 0.5) is 21.6 Å². The molecule has 0 radical (unpaired) electrons. The van der Waals surface area contributed by atoms with Crippen molar-refractivity contribution in [1.82, 2.24) is 25.3 Å². The molecule has 0 saturated carbocycles. The van der Waals surface area contributed by atoms with E-state index in [2.05, 4.69) is 35.9 Å². The molecule has 172 valence electrons. The van der Waals surface area contributed by atoms with Crippen molar-refractivity contribution in [3.05, 3.63) is 53.7 Å². The summed E-state index contributed by atoms with van der Waals surface area (Å²) in [5, 5.41) is 8.66. The third-order valence-electron chi connectivity index (χ3n) is 5.42. The Hall–Kier alpha value is -4.54. The smallest absolute Gasteiger partial charge is 0.255 e. The van der Waals surface area contributed by atoms with E-state index < -0.39 is 5.82 Å². The average Bonchev–Trinajstić information content (AvgIpc) is 3.18. The number of halogens is 1. The first-order valence-corrected chi connectivity index (χ1v) is 10.5. The molecule has 0 unspecified atom stereocenters. The van der Waals surface area contributed by atoms with E-state index in [1.54, 1.807) is 24.3 Å². The summed E-state index contributed by atoms with van der Waals surface area (Å²) in [6, 6.07) is 7.84. The fraction of sp³-hybridized carbons (Fsp3) is 0.174. The molecule has 0 fully saturated rings. The fourth-order valence-electron chi connectivity index (χ4n) is 4.00. The molecule has 0 atom stereocenters. The van der Waals surface area contributed by atoms with Crippen molar-refractivity contribution in [3.8, 4) is 17.1 Å². The maximum absolute atomic E-state index is 14.4. The lowest BCUT2D eigenvalue weighted by molar-refractivity contribution is -0.114. The van der Waals surface area contributed by atoms with Gasteiger partial charge in [0.2, 0.25) is 5.91 Å². The second-order valence-electron chi connectivity index (χ2n) is 7.65. The molecule has 34 heavy (non-hydrogen) atoms. The molecule has 0 saturated heterocycles. The predicted octanol–water partition coefficient (Wildman–Crippen LogP) is 3.16. The topological polar surface area (TPSA) is 134 Å². The largest absolute Gasteiger partial charge is 0.492 e. The summed E-state index contributed by atoms with van der Waals surface area (Å²) in [5.41, 5.74) is 3.72. The quantitative estimate of drug-likeness (QED) is 0.359. The zero-order valence-electron chi connectivity index (χ0n) is 18.3. The van der Waals surface area contributed by atoms with Gasteiger partial charge in [-0.15, -0.1) is 0 Å². The summed E-state index contributed by atoms with van der Waals surface area (Å²) in [4.78, 5) is 40.9. The van der Waals surface area contributed by atoms with Crippen LogP contribution in [-0.2, 0) is 11.2 Å². The molecule has 0 aliphatic carbocycles. The number of nitrogens with one attached hydrogen (secondary N) is 4. The van der Waals surface area contributed by atoms with Crippen LogP contribution in [0.5, 0.6) is 5.75 Å². The van der Waals surface area contributed by atoms with Gasteiger partial charge in [-0.25, -0.2) is 19.3 Å². The lowest BCUT2D eigenvalue weighted by Crippen LogP contribution is -2.31. The molecule has 11 heteroatoms. The number of anilines is 3. The molecule has 10 nitrogen and oxygen atoms in total. The van der Waals surface area contributed by atoms with Gasteiger partial charge in [0.25, 0.3) is 5.91 Å². The van der Waals surface area contributed by atoms with Crippen molar-refractivity contribution in [1.29, 1.82) is 0 Å². The van der Waals surface area contributed by atoms with E-state index >= 15 is 0 Å². The molecule has 4 N–H and O–H groups in total. The highest BCUT2D eigenvalue weighted by Gasteiger charge is 2.29. The van der Waals surface area contributed by atoms with E-state index in [0.29, 0.717) is 63.8 Å². The van der Waals surface area contributed by atoms with Gasteiger partial charge >= 0.3 is 0 Å². The highest BCUT2D eigenvalue weighted by molar-refractivity contribution is 6.07. The summed E-state index contributed by atoms with van der Waals surface area (Å²) >= 11 is 0. The minimum Gasteiger partial charge on any atom is -0.492 e. The Kier molecular flexibility index (Phi) is 5.28. The molecular formula is C23H20FN7O3. The van der Waals surface area contributed by atoms with E-state index in [4.69, 9.17) is 4.74 Å². The van der Waals surface area contributed by atoms with E-state index in [9.17, 15) is 14.0 Å². The molecule has 5 rings (SSSR count). The number of methoxy groups -OCH3 is 1. The number of hydrogen-bond acceptors (Lipinski definition) is 7. The third kappa shape index (κ3) is 3.66. The number of rotatable bonds is 5. The fourth-order valence-corrected chi connectivity index (χ4v) is 4.00. The Morgan fingerprint density at radius 2 is 2.06 bits per heavy atom. The minimum absolute atomic E-state index is 0.0123. The van der Waals surface area contributed by atoms with E-state index in [1.807, 2.05) is 0 Å². The average molecular weight is 461 g/mol. The summed E-state index contributed by atoms with van der Waals surface area (Å²) in [7, 11) is 1.37. The van der Waals surface area contributed by atoms with Crippen molar-refractivity contribution in [3.63, 3.8) is 0 Å². The van der Waals surface area contributed by atoms with Crippen LogP contribution in [0.2, 0.25) is 0 Å². The third-order valence-corrected chi connectivity index (χ3v) is 5.42. The Bertz CT molecular complexity index is 1450. The summed E-state index contributed by atoms with van der Waals surface area (Å²) in [6.45, 7) is 1.87. The summed E-state index contributed by atoms with van der Waals surface area (Å²) in [5.74, 6) is -0.730. The van der Waals surface area contributed by atoms with Crippen molar-refractivity contribution in [2.45, 2.75) is 13.3 Å². The van der Waals surface area contributed by atoms with Crippen LogP contribution in [0.3, 0.4) is 0 Å². The van der Waals surface area contributed by atoms with Crippen molar-refractivity contribution < 1.29 is 18.7 Å². The van der Waals surface area contributed by atoms with Crippen molar-refractivity contribution in [2.75, 3.05) is 24.3 Å². The molecule has 4 heterocycles. The maximum Gasteiger partial charge on any atom is 0.255 e. The number of para-hydroxylation sites is 1. The lowest BCUT2D eigenvalue weighted by atomic mass is 10.1. The molecule has 1 aromatic carbocycles. The second-order valence-corrected chi connectivity index (χ2v) is 7.65. The van der Waals surface area contributed by atoms with Gasteiger partial charge in [-0.2, -0.15) is 0 Å². The molecule has 2 amide bonds. The first-order valence-electron chi connectivity index (χ1n) is 10.5. The van der Waals surface area contributed by atoms with Gasteiger partial charge < -0.3 is 25.7 Å². The van der Waals surface area contributed by atoms with Crippen LogP contribution in [0.1, 0.15) is 23.0 Å². The number of aromatic nitrogens is 4. The van der Waals surface area contributed by atoms with Crippen LogP contribution in [0.15, 0.2) is 36.7 Å². The van der Waals surface area contributed by atoms with Gasteiger partial charge in [-0.3, -0.25) is 9.59 Å². The molecule has 4 aromatic rings. The van der Waals surface area contributed by atoms with Crippen LogP contribution >= 0.6 is 0 Å². The Morgan fingerprint density at radius 3 is 2.85 bits per heavy atom. The molecule has 0 bridgehead atoms. The van der Waals surface area contributed by atoms with Crippen LogP contribution in [-0.4, -0.2) is 45.4 Å². The van der Waals surface area contributed by atoms with Crippen LogP contribution < -0.4 is 20.7 Å². The van der Waals surface area contributed by atoms with E-state index in [1.165, 1.54) is 26.4 Å². The number of hydrogen-bond donors (Lipinski definition) is 4. The molecular weight excluding hydrogens is 441 g/mol. The van der Waals surface area contributed by atoms with Gasteiger partial charge in [0, 0.05) is 25.6 Å². The van der Waals surface area contributed by atoms with Crippen LogP contribution in [0.25, 0.3) is 22.4 Å². The normalized spacial score (nSPS) is 12.7. The Morgan fingerprint density at radius 1 is 1.21 bits per heavy atom. The number of ether oxygens (including phenoxy) is 1. The SMILES string of the molecule is COc1c(F)cccc1Nc1c(-c2ncnc3ccc(NC(C)=O)nc23)[nH]c2c1C(=O)NCC2. The number of aromatic amines is 1. The van der Waals surface area contributed by atoms with Crippen molar-refractivity contribution in [2.24, 2.45) is 0 Å². The molecule has 0 spiro atoms. The highest BCUT2D eigenvalue weighted by atomic mass is 19.1. The Balaban J connectivity index is 1.73. The molecule has 1 aliphatic rings. The van der Waals surface area contributed by atoms with Gasteiger partial charge in [0.1, 0.15) is 23.4 Å². The first kappa shape index (κ1) is 21.3. The maximum atomic E-state index is 14.4. The van der Waals surface area contributed by atoms with Crippen molar-refractivity contribution >= 4 is 40.0 Å². The predicted molar refractivity (Wildman–Crippen MR) is 124 cm³/mol. The van der Waals surface area contributed by atoms with Crippen LogP contribution in [0, 0.1) is 5.82 Å². The standard InChI is InChI=1S/C23H20FN7O3/c1-11(32)28-16-7-6-14-18(31-16)20(27-10-26-14)21-19(17-13(29-21)8-9-25-23(17)33)30-15-5-3-4-12(24)22(15)34-2/h3-7,10,29-30H,8-9H2,1-2H3,(H,25,33)(H,28,31,32). The minimum atomic E-state index is -0.544. The number of H-pyrrole nitrogens is 1. The number of benzene rings is 1. The highest BCUT2D eigenvalue weighted by Crippen LogP contribution is 2.40. The zero-order valence-corrected chi connectivity index (χ0v) is 18.3. The van der Waals surface area contributed by atoms with Gasteiger partial charge in [0.05, 0.1) is 35.3 Å². The van der Waals surface area contributed by atoms with Gasteiger partial charge in [-0.05, 0) is 24.3 Å². The number of carbonyl (C=O) groups is 2. The molecule has 3 aromatic heterocycles.